The number of rotatable bonds is 9. The molecule has 76 heavy (non-hydrogen) atoms. The Labute approximate surface area is 442 Å². The Morgan fingerprint density at radius 3 is 1.84 bits per heavy atom. The maximum atomic E-state index is 8.25. The van der Waals surface area contributed by atoms with Crippen LogP contribution in [0.5, 0.6) is 0 Å². The summed E-state index contributed by atoms with van der Waals surface area (Å²) in [6.07, 6.45) is 22.9. The zero-order valence-corrected chi connectivity index (χ0v) is 41.8. The van der Waals surface area contributed by atoms with Crippen LogP contribution in [0, 0.1) is 6.57 Å². The van der Waals surface area contributed by atoms with Gasteiger partial charge in [0.15, 0.2) is 23.2 Å². The third kappa shape index (κ3) is 7.93. The Morgan fingerprint density at radius 1 is 0.461 bits per heavy atom. The van der Waals surface area contributed by atoms with Crippen molar-refractivity contribution >= 4 is 55.6 Å². The van der Waals surface area contributed by atoms with Gasteiger partial charge in [-0.3, -0.25) is 0 Å². The van der Waals surface area contributed by atoms with Crippen molar-refractivity contribution in [3.05, 3.63) is 270 Å². The van der Waals surface area contributed by atoms with Crippen molar-refractivity contribution in [2.75, 3.05) is 0 Å². The SMILES string of the molecule is [C-]#[N+]c1ccc2c(c1)c1cc(-n3c4c(c5ccccc53)C=CCC4)ccc1n2-c1c(-c2ccc(-c3ccccc3)cc2)cc(-c2nc(C3=CCCC=C3)nc(-c3ccccc3)n2)cc1[C@@H]1C=CC(c2ccccc2)=CC1. The lowest BCUT2D eigenvalue weighted by atomic mass is 9.84. The molecular weight excluding hydrogens is 925 g/mol. The fourth-order valence-corrected chi connectivity index (χ4v) is 11.8. The highest BCUT2D eigenvalue weighted by Crippen LogP contribution is 2.46. The van der Waals surface area contributed by atoms with E-state index in [9.17, 15) is 0 Å². The van der Waals surface area contributed by atoms with Crippen molar-refractivity contribution in [3.63, 3.8) is 0 Å². The minimum Gasteiger partial charge on any atom is -0.313 e. The number of hydrogen-bond donors (Lipinski definition) is 0. The Hall–Kier alpha value is -9.70. The molecule has 0 N–H and O–H groups in total. The molecule has 0 fully saturated rings. The van der Waals surface area contributed by atoms with Gasteiger partial charge in [0.25, 0.3) is 0 Å². The van der Waals surface area contributed by atoms with Gasteiger partial charge in [-0.1, -0.05) is 188 Å². The standard InChI is InChI=1S/C70H50N6/c1-71-55-38-40-65-61(44-55)62-45-56(75-63-28-16-14-26-57(63)58-27-15-17-29-64(58)75)39-41-66(62)76(65)67-59(50-34-30-48(31-35-50)46-18-6-2-7-19-46)42-54(43-60(67)51-36-32-49(33-37-51)47-20-8-3-9-21-47)70-73-68(52-22-10-4-11-23-52)72-69(74-70)53-24-12-5-13-25-53/h2-4,6-12,14-16,18-28,30-36,38-45,51H,5,13,17,29,37H2/t51-/m1/s1. The number of hydrogen-bond acceptors (Lipinski definition) is 3. The van der Waals surface area contributed by atoms with Crippen molar-refractivity contribution in [1.82, 2.24) is 24.1 Å². The van der Waals surface area contributed by atoms with Crippen molar-refractivity contribution in [3.8, 4) is 56.4 Å². The van der Waals surface area contributed by atoms with Gasteiger partial charge in [0, 0.05) is 55.9 Å². The normalized spacial score (nSPS) is 15.0. The van der Waals surface area contributed by atoms with E-state index in [0.29, 0.717) is 23.2 Å². The van der Waals surface area contributed by atoms with Crippen LogP contribution in [-0.2, 0) is 6.42 Å². The smallest absolute Gasteiger partial charge is 0.188 e. The fraction of sp³-hybridized carbons (Fsp3) is 0.0857. The highest BCUT2D eigenvalue weighted by atomic mass is 15.0. The van der Waals surface area contributed by atoms with E-state index in [4.69, 9.17) is 21.5 Å². The molecule has 1 atom stereocenters. The topological polar surface area (TPSA) is 52.9 Å². The molecule has 0 saturated heterocycles. The first kappa shape index (κ1) is 45.0. The molecule has 3 aliphatic rings. The minimum atomic E-state index is -0.0243. The lowest BCUT2D eigenvalue weighted by Gasteiger charge is -2.26. The molecular formula is C70H50N6. The molecule has 0 bridgehead atoms. The van der Waals surface area contributed by atoms with E-state index in [1.807, 2.05) is 24.3 Å². The second kappa shape index (κ2) is 19.0. The van der Waals surface area contributed by atoms with E-state index in [0.717, 1.165) is 110 Å². The molecule has 0 spiro atoms. The second-order valence-electron chi connectivity index (χ2n) is 19.9. The first-order valence-corrected chi connectivity index (χ1v) is 26.4. The van der Waals surface area contributed by atoms with Crippen LogP contribution < -0.4 is 0 Å². The molecule has 0 amide bonds. The van der Waals surface area contributed by atoms with Gasteiger partial charge in [-0.25, -0.2) is 19.8 Å². The maximum Gasteiger partial charge on any atom is 0.188 e. The summed E-state index contributed by atoms with van der Waals surface area (Å²) >= 11 is 0. The van der Waals surface area contributed by atoms with Gasteiger partial charge in [-0.2, -0.15) is 0 Å². The average molecular weight is 975 g/mol. The van der Waals surface area contributed by atoms with Gasteiger partial charge in [-0.15, -0.1) is 0 Å². The summed E-state index contributed by atoms with van der Waals surface area (Å²) in [7, 11) is 0. The maximum absolute atomic E-state index is 8.25. The van der Waals surface area contributed by atoms with Crippen LogP contribution in [0.25, 0.3) is 111 Å². The quantitative estimate of drug-likeness (QED) is 0.135. The van der Waals surface area contributed by atoms with Crippen LogP contribution in [0.2, 0.25) is 0 Å². The molecule has 8 aromatic carbocycles. The molecule has 360 valence electrons. The van der Waals surface area contributed by atoms with Gasteiger partial charge in [0.2, 0.25) is 0 Å². The van der Waals surface area contributed by atoms with E-state index >= 15 is 0 Å². The number of allylic oxidation sites excluding steroid dienone is 9. The Balaban J connectivity index is 1.06. The van der Waals surface area contributed by atoms with Crippen LogP contribution in [0.15, 0.2) is 231 Å². The molecule has 0 aliphatic heterocycles. The average Bonchev–Trinajstić information content (AvgIpc) is 4.04. The number of fused-ring (bicyclic) bond motifs is 6. The van der Waals surface area contributed by atoms with Crippen LogP contribution in [0.3, 0.4) is 0 Å². The van der Waals surface area contributed by atoms with E-state index in [2.05, 4.69) is 226 Å². The van der Waals surface area contributed by atoms with Gasteiger partial charge < -0.3 is 9.13 Å². The van der Waals surface area contributed by atoms with Crippen LogP contribution in [0.1, 0.15) is 59.8 Å². The zero-order chi connectivity index (χ0) is 50.5. The Morgan fingerprint density at radius 2 is 1.11 bits per heavy atom. The summed E-state index contributed by atoms with van der Waals surface area (Å²) in [6, 6.07) is 67.1. The molecule has 0 unspecified atom stereocenters. The molecule has 3 heterocycles. The van der Waals surface area contributed by atoms with E-state index in [1.54, 1.807) is 0 Å². The number of benzene rings is 8. The lowest BCUT2D eigenvalue weighted by Crippen LogP contribution is -2.09. The summed E-state index contributed by atoms with van der Waals surface area (Å²) in [6.45, 7) is 8.25. The van der Waals surface area contributed by atoms with Crippen molar-refractivity contribution in [1.29, 1.82) is 0 Å². The van der Waals surface area contributed by atoms with Gasteiger partial charge in [0.05, 0.1) is 28.8 Å². The van der Waals surface area contributed by atoms with E-state index in [1.165, 1.54) is 33.3 Å². The fourth-order valence-electron chi connectivity index (χ4n) is 11.8. The Bertz CT molecular complexity index is 4290. The van der Waals surface area contributed by atoms with E-state index in [-0.39, 0.29) is 5.92 Å². The first-order chi connectivity index (χ1) is 37.6. The van der Waals surface area contributed by atoms with Gasteiger partial charge in [0.1, 0.15) is 0 Å². The second-order valence-corrected chi connectivity index (χ2v) is 19.9. The third-order valence-corrected chi connectivity index (χ3v) is 15.4. The van der Waals surface area contributed by atoms with Crippen molar-refractivity contribution in [2.24, 2.45) is 0 Å². The molecule has 0 radical (unpaired) electrons. The predicted octanol–water partition coefficient (Wildman–Crippen LogP) is 18.0. The summed E-state index contributed by atoms with van der Waals surface area (Å²) in [4.78, 5) is 19.9. The summed E-state index contributed by atoms with van der Waals surface area (Å²) in [5.41, 5.74) is 19.5. The predicted molar refractivity (Wildman–Crippen MR) is 314 cm³/mol. The molecule has 11 aromatic rings. The van der Waals surface area contributed by atoms with Crippen LogP contribution in [0.4, 0.5) is 5.69 Å². The number of nitrogens with zero attached hydrogens (tertiary/aromatic N) is 6. The summed E-state index contributed by atoms with van der Waals surface area (Å²) in [5.74, 6) is 1.89. The molecule has 14 rings (SSSR count). The summed E-state index contributed by atoms with van der Waals surface area (Å²) in [5, 5.41) is 3.38. The minimum absolute atomic E-state index is 0.0243. The van der Waals surface area contributed by atoms with Crippen molar-refractivity contribution in [2.45, 2.75) is 38.0 Å². The van der Waals surface area contributed by atoms with Crippen LogP contribution >= 0.6 is 0 Å². The number of aromatic nitrogens is 5. The van der Waals surface area contributed by atoms with Gasteiger partial charge in [-0.05, 0) is 119 Å². The first-order valence-electron chi connectivity index (χ1n) is 26.4. The number of para-hydroxylation sites is 1. The summed E-state index contributed by atoms with van der Waals surface area (Å²) < 4.78 is 4.94. The zero-order valence-electron chi connectivity index (χ0n) is 41.8. The lowest BCUT2D eigenvalue weighted by molar-refractivity contribution is 0.846. The highest BCUT2D eigenvalue weighted by molar-refractivity contribution is 6.12. The van der Waals surface area contributed by atoms with Gasteiger partial charge >= 0.3 is 0 Å². The molecule has 0 saturated carbocycles. The molecule has 6 heteroatoms. The third-order valence-electron chi connectivity index (χ3n) is 15.4. The molecule has 3 aromatic heterocycles. The molecule has 3 aliphatic carbocycles. The largest absolute Gasteiger partial charge is 0.313 e. The van der Waals surface area contributed by atoms with E-state index < -0.39 is 0 Å². The Kier molecular flexibility index (Phi) is 11.2. The molecule has 6 nitrogen and oxygen atoms in total. The van der Waals surface area contributed by atoms with Crippen molar-refractivity contribution < 1.29 is 0 Å². The highest BCUT2D eigenvalue weighted by Gasteiger charge is 2.27. The van der Waals surface area contributed by atoms with Crippen LogP contribution in [-0.4, -0.2) is 24.1 Å². The monoisotopic (exact) mass is 974 g/mol.